The Labute approximate surface area is 180 Å². The molecule has 160 valence electrons. The zero-order valence-electron chi connectivity index (χ0n) is 17.3. The number of nitrogens with one attached hydrogen (secondary N) is 1. The number of anilines is 2. The highest BCUT2D eigenvalue weighted by Gasteiger charge is 2.19. The van der Waals surface area contributed by atoms with Gasteiger partial charge in [0, 0.05) is 43.8 Å². The van der Waals surface area contributed by atoms with Crippen LogP contribution in [0.5, 0.6) is 5.75 Å². The van der Waals surface area contributed by atoms with Crippen LogP contribution in [0.25, 0.3) is 11.5 Å². The summed E-state index contributed by atoms with van der Waals surface area (Å²) in [5, 5.41) is 2.91. The second-order valence-corrected chi connectivity index (χ2v) is 7.64. The van der Waals surface area contributed by atoms with Crippen molar-refractivity contribution in [2.24, 2.45) is 0 Å². The molecule has 0 spiro atoms. The minimum absolute atomic E-state index is 0.242. The molecule has 2 aliphatic rings. The summed E-state index contributed by atoms with van der Waals surface area (Å²) >= 11 is 0. The summed E-state index contributed by atoms with van der Waals surface area (Å²) in [4.78, 5) is 24.4. The molecule has 1 fully saturated rings. The Morgan fingerprint density at radius 3 is 2.81 bits per heavy atom. The molecule has 31 heavy (non-hydrogen) atoms. The van der Waals surface area contributed by atoms with Gasteiger partial charge in [0.05, 0.1) is 25.4 Å². The van der Waals surface area contributed by atoms with Crippen LogP contribution >= 0.6 is 0 Å². The molecule has 2 aliphatic heterocycles. The van der Waals surface area contributed by atoms with Crippen molar-refractivity contribution < 1.29 is 14.3 Å². The molecular formula is C23H25N5O3. The van der Waals surface area contributed by atoms with Gasteiger partial charge in [-0.15, -0.1) is 0 Å². The van der Waals surface area contributed by atoms with Crippen LogP contribution in [0.3, 0.4) is 0 Å². The third-order valence-electron chi connectivity index (χ3n) is 5.57. The average molecular weight is 419 g/mol. The number of fused-ring (bicyclic) bond motifs is 5. The van der Waals surface area contributed by atoms with Gasteiger partial charge >= 0.3 is 0 Å². The molecule has 5 rings (SSSR count). The summed E-state index contributed by atoms with van der Waals surface area (Å²) in [5.74, 6) is 1.63. The number of imidazole rings is 1. The Morgan fingerprint density at radius 1 is 1.00 bits per heavy atom. The number of carbonyl (C=O) groups excluding carboxylic acids is 1. The van der Waals surface area contributed by atoms with Crippen LogP contribution in [0.15, 0.2) is 48.8 Å². The van der Waals surface area contributed by atoms with Gasteiger partial charge in [-0.3, -0.25) is 4.79 Å². The first-order valence-corrected chi connectivity index (χ1v) is 10.7. The van der Waals surface area contributed by atoms with E-state index in [1.807, 2.05) is 36.5 Å². The highest BCUT2D eigenvalue weighted by molar-refractivity contribution is 6.06. The monoisotopic (exact) mass is 419 g/mol. The van der Waals surface area contributed by atoms with E-state index in [9.17, 15) is 4.79 Å². The standard InChI is InChI=1S/C23H25N5O3/c29-23-18-7-6-17(27-11-14-30-15-12-27)16-20(18)31-13-2-1-9-28-10-8-24-22(28)19-4-3-5-21(25-19)26-23/h3-8,10,16H,1-2,9,11-15H2,(H,25,26,29). The summed E-state index contributed by atoms with van der Waals surface area (Å²) in [6.45, 7) is 4.44. The molecule has 1 amide bonds. The van der Waals surface area contributed by atoms with Gasteiger partial charge in [0.25, 0.3) is 5.91 Å². The molecule has 0 saturated carbocycles. The predicted molar refractivity (Wildman–Crippen MR) is 118 cm³/mol. The molecule has 1 aromatic carbocycles. The lowest BCUT2D eigenvalue weighted by Gasteiger charge is -2.29. The average Bonchev–Trinajstić information content (AvgIpc) is 3.27. The minimum atomic E-state index is -0.242. The third-order valence-corrected chi connectivity index (χ3v) is 5.57. The number of aryl methyl sites for hydroxylation is 1. The molecule has 3 aromatic rings. The van der Waals surface area contributed by atoms with Crippen molar-refractivity contribution in [2.45, 2.75) is 19.4 Å². The summed E-state index contributed by atoms with van der Waals surface area (Å²) in [6, 6.07) is 11.3. The van der Waals surface area contributed by atoms with E-state index in [0.717, 1.165) is 49.7 Å². The fourth-order valence-corrected chi connectivity index (χ4v) is 3.94. The van der Waals surface area contributed by atoms with Crippen LogP contribution in [0, 0.1) is 0 Å². The highest BCUT2D eigenvalue weighted by atomic mass is 16.5. The van der Waals surface area contributed by atoms with E-state index in [-0.39, 0.29) is 5.91 Å². The fraction of sp³-hybridized carbons (Fsp3) is 0.348. The van der Waals surface area contributed by atoms with Gasteiger partial charge in [-0.2, -0.15) is 0 Å². The lowest BCUT2D eigenvalue weighted by atomic mass is 10.1. The lowest BCUT2D eigenvalue weighted by Crippen LogP contribution is -2.36. The van der Waals surface area contributed by atoms with E-state index >= 15 is 0 Å². The maximum Gasteiger partial charge on any atom is 0.260 e. The van der Waals surface area contributed by atoms with E-state index in [2.05, 4.69) is 24.8 Å². The number of benzene rings is 1. The molecule has 8 nitrogen and oxygen atoms in total. The fourth-order valence-electron chi connectivity index (χ4n) is 3.94. The molecule has 0 unspecified atom stereocenters. The number of rotatable bonds is 1. The van der Waals surface area contributed by atoms with E-state index in [1.165, 1.54) is 0 Å². The van der Waals surface area contributed by atoms with Crippen LogP contribution in [0.1, 0.15) is 23.2 Å². The number of aromatic nitrogens is 3. The zero-order chi connectivity index (χ0) is 21.0. The molecular weight excluding hydrogens is 394 g/mol. The lowest BCUT2D eigenvalue weighted by molar-refractivity contribution is 0.102. The Kier molecular flexibility index (Phi) is 5.54. The first-order chi connectivity index (χ1) is 15.3. The van der Waals surface area contributed by atoms with Crippen LogP contribution in [0.2, 0.25) is 0 Å². The topological polar surface area (TPSA) is 81.5 Å². The molecule has 0 radical (unpaired) electrons. The number of morpholine rings is 1. The Bertz CT molecular complexity index is 1070. The largest absolute Gasteiger partial charge is 0.493 e. The molecule has 0 aliphatic carbocycles. The van der Waals surface area contributed by atoms with E-state index in [4.69, 9.17) is 9.47 Å². The summed E-state index contributed by atoms with van der Waals surface area (Å²) in [7, 11) is 0. The van der Waals surface area contributed by atoms with Gasteiger partial charge < -0.3 is 24.3 Å². The van der Waals surface area contributed by atoms with Crippen molar-refractivity contribution >= 4 is 17.4 Å². The summed E-state index contributed by atoms with van der Waals surface area (Å²) in [6.07, 6.45) is 5.54. The second-order valence-electron chi connectivity index (χ2n) is 7.64. The normalized spacial score (nSPS) is 17.0. The highest BCUT2D eigenvalue weighted by Crippen LogP contribution is 2.28. The predicted octanol–water partition coefficient (Wildman–Crippen LogP) is 3.21. The van der Waals surface area contributed by atoms with Gasteiger partial charge in [0.1, 0.15) is 17.3 Å². The third kappa shape index (κ3) is 4.25. The van der Waals surface area contributed by atoms with Crippen molar-refractivity contribution in [1.29, 1.82) is 0 Å². The Balaban J connectivity index is 1.47. The smallest absolute Gasteiger partial charge is 0.260 e. The Hall–Kier alpha value is -3.39. The van der Waals surface area contributed by atoms with Crippen LogP contribution < -0.4 is 15.0 Å². The van der Waals surface area contributed by atoms with Crippen molar-refractivity contribution in [1.82, 2.24) is 14.5 Å². The van der Waals surface area contributed by atoms with Gasteiger partial charge in [-0.25, -0.2) is 9.97 Å². The Morgan fingerprint density at radius 2 is 1.90 bits per heavy atom. The van der Waals surface area contributed by atoms with E-state index < -0.39 is 0 Å². The molecule has 0 atom stereocenters. The van der Waals surface area contributed by atoms with Crippen molar-refractivity contribution in [2.75, 3.05) is 43.1 Å². The SMILES string of the molecule is O=C1Nc2cccc(n2)-c2nccn2CCCCOc2cc(N3CCOCC3)ccc21. The summed E-state index contributed by atoms with van der Waals surface area (Å²) < 4.78 is 13.6. The molecule has 8 heteroatoms. The minimum Gasteiger partial charge on any atom is -0.493 e. The number of hydrogen-bond donors (Lipinski definition) is 1. The van der Waals surface area contributed by atoms with E-state index in [0.29, 0.717) is 37.0 Å². The van der Waals surface area contributed by atoms with Crippen molar-refractivity contribution in [3.8, 4) is 17.3 Å². The van der Waals surface area contributed by atoms with Crippen LogP contribution in [-0.4, -0.2) is 53.4 Å². The van der Waals surface area contributed by atoms with Gasteiger partial charge in [0.2, 0.25) is 0 Å². The van der Waals surface area contributed by atoms with Crippen LogP contribution in [0.4, 0.5) is 11.5 Å². The molecule has 2 aromatic heterocycles. The first kappa shape index (κ1) is 19.6. The quantitative estimate of drug-likeness (QED) is 0.652. The molecule has 1 N–H and O–H groups in total. The van der Waals surface area contributed by atoms with Crippen molar-refractivity contribution in [3.63, 3.8) is 0 Å². The second kappa shape index (κ2) is 8.77. The number of amides is 1. The van der Waals surface area contributed by atoms with E-state index in [1.54, 1.807) is 12.3 Å². The van der Waals surface area contributed by atoms with Gasteiger partial charge in [0.15, 0.2) is 5.82 Å². The summed E-state index contributed by atoms with van der Waals surface area (Å²) in [5.41, 5.74) is 2.28. The number of hydrogen-bond acceptors (Lipinski definition) is 6. The molecule has 1 saturated heterocycles. The number of carbonyl (C=O) groups is 1. The molecule has 4 heterocycles. The van der Waals surface area contributed by atoms with Crippen molar-refractivity contribution in [3.05, 3.63) is 54.4 Å². The number of pyridine rings is 1. The van der Waals surface area contributed by atoms with Gasteiger partial charge in [-0.1, -0.05) is 6.07 Å². The molecule has 2 bridgehead atoms. The first-order valence-electron chi connectivity index (χ1n) is 10.7. The zero-order valence-corrected chi connectivity index (χ0v) is 17.3. The maximum absolute atomic E-state index is 13.1. The van der Waals surface area contributed by atoms with Crippen LogP contribution in [-0.2, 0) is 11.3 Å². The maximum atomic E-state index is 13.1. The van der Waals surface area contributed by atoms with Gasteiger partial charge in [-0.05, 0) is 37.1 Å². The number of nitrogens with zero attached hydrogens (tertiary/aromatic N) is 4. The number of ether oxygens (including phenoxy) is 2.